The maximum Gasteiger partial charge on any atom is 0.238 e. The minimum absolute atomic E-state index is 0.127. The molecule has 0 aliphatic heterocycles. The van der Waals surface area contributed by atoms with Gasteiger partial charge in [0.15, 0.2) is 11.4 Å². The number of halogens is 2. The molecule has 5 nitrogen and oxygen atoms in total. The van der Waals surface area contributed by atoms with Gasteiger partial charge in [-0.2, -0.15) is 5.26 Å². The van der Waals surface area contributed by atoms with Crippen LogP contribution in [0.25, 0.3) is 0 Å². The lowest BCUT2D eigenvalue weighted by molar-refractivity contribution is 0.457. The van der Waals surface area contributed by atoms with Crippen molar-refractivity contribution >= 4 is 21.6 Å². The monoisotopic (exact) mass is 308 g/mol. The first-order valence-corrected chi connectivity index (χ1v) is 5.54. The lowest BCUT2D eigenvalue weighted by Gasteiger charge is -2.08. The Morgan fingerprint density at radius 1 is 1.33 bits per heavy atom. The van der Waals surface area contributed by atoms with Crippen molar-refractivity contribution in [3.05, 3.63) is 40.5 Å². The zero-order chi connectivity index (χ0) is 13.1. The van der Waals surface area contributed by atoms with E-state index in [4.69, 9.17) is 15.7 Å². The van der Waals surface area contributed by atoms with E-state index in [2.05, 4.69) is 25.9 Å². The number of aromatic nitrogens is 2. The van der Waals surface area contributed by atoms with Crippen LogP contribution in [0.4, 0.5) is 10.1 Å². The summed E-state index contributed by atoms with van der Waals surface area (Å²) in [4.78, 5) is 7.61. The fourth-order valence-electron chi connectivity index (χ4n) is 1.17. The van der Waals surface area contributed by atoms with E-state index in [0.717, 1.165) is 6.07 Å². The van der Waals surface area contributed by atoms with Gasteiger partial charge >= 0.3 is 0 Å². The molecule has 1 heterocycles. The van der Waals surface area contributed by atoms with Gasteiger partial charge in [0.05, 0.1) is 22.6 Å². The number of nitriles is 1. The number of nitrogens with two attached hydrogens (primary N) is 1. The summed E-state index contributed by atoms with van der Waals surface area (Å²) < 4.78 is 18.8. The molecule has 0 saturated carbocycles. The highest BCUT2D eigenvalue weighted by Gasteiger charge is 2.09. The van der Waals surface area contributed by atoms with E-state index in [9.17, 15) is 4.39 Å². The molecule has 90 valence electrons. The van der Waals surface area contributed by atoms with Crippen LogP contribution < -0.4 is 10.5 Å². The van der Waals surface area contributed by atoms with Crippen molar-refractivity contribution in [3.63, 3.8) is 0 Å². The van der Waals surface area contributed by atoms with Crippen molar-refractivity contribution in [3.8, 4) is 17.7 Å². The minimum atomic E-state index is -0.499. The molecule has 0 saturated heterocycles. The van der Waals surface area contributed by atoms with Gasteiger partial charge in [0.25, 0.3) is 0 Å². The van der Waals surface area contributed by atoms with E-state index in [1.54, 1.807) is 0 Å². The molecule has 0 aliphatic rings. The SMILES string of the molecule is N#Cc1cnc(Oc2cc(F)c(Br)cc2N)cn1. The lowest BCUT2D eigenvalue weighted by atomic mass is 10.3. The van der Waals surface area contributed by atoms with Gasteiger partial charge in [0.2, 0.25) is 5.88 Å². The van der Waals surface area contributed by atoms with Gasteiger partial charge < -0.3 is 10.5 Å². The van der Waals surface area contributed by atoms with Crippen LogP contribution >= 0.6 is 15.9 Å². The first-order valence-electron chi connectivity index (χ1n) is 4.74. The highest BCUT2D eigenvalue weighted by atomic mass is 79.9. The summed E-state index contributed by atoms with van der Waals surface area (Å²) in [5.41, 5.74) is 6.09. The number of anilines is 1. The third-order valence-electron chi connectivity index (χ3n) is 2.01. The van der Waals surface area contributed by atoms with Crippen LogP contribution in [0.3, 0.4) is 0 Å². The summed E-state index contributed by atoms with van der Waals surface area (Å²) in [6, 6.07) is 4.35. The van der Waals surface area contributed by atoms with E-state index in [1.165, 1.54) is 18.5 Å². The molecule has 7 heteroatoms. The molecule has 1 aromatic carbocycles. The summed E-state index contributed by atoms with van der Waals surface area (Å²) in [6.45, 7) is 0. The first-order chi connectivity index (χ1) is 8.60. The van der Waals surface area contributed by atoms with Crippen molar-refractivity contribution in [2.75, 3.05) is 5.73 Å². The van der Waals surface area contributed by atoms with Crippen LogP contribution in [-0.2, 0) is 0 Å². The van der Waals surface area contributed by atoms with Gasteiger partial charge in [0.1, 0.15) is 11.9 Å². The largest absolute Gasteiger partial charge is 0.435 e. The van der Waals surface area contributed by atoms with Crippen LogP contribution in [0.2, 0.25) is 0 Å². The van der Waals surface area contributed by atoms with Crippen LogP contribution in [0.5, 0.6) is 11.6 Å². The van der Waals surface area contributed by atoms with E-state index in [-0.39, 0.29) is 27.5 Å². The van der Waals surface area contributed by atoms with Crippen molar-refractivity contribution in [1.29, 1.82) is 5.26 Å². The maximum absolute atomic E-state index is 13.3. The molecule has 0 atom stereocenters. The van der Waals surface area contributed by atoms with Crippen molar-refractivity contribution in [1.82, 2.24) is 9.97 Å². The fourth-order valence-corrected chi connectivity index (χ4v) is 1.53. The lowest BCUT2D eigenvalue weighted by Crippen LogP contribution is -1.96. The Morgan fingerprint density at radius 3 is 2.72 bits per heavy atom. The van der Waals surface area contributed by atoms with Crippen molar-refractivity contribution < 1.29 is 9.13 Å². The summed E-state index contributed by atoms with van der Waals surface area (Å²) in [5, 5.41) is 8.56. The predicted octanol–water partition coefficient (Wildman–Crippen LogP) is 2.62. The number of nitrogens with zero attached hydrogens (tertiary/aromatic N) is 3. The molecular weight excluding hydrogens is 303 g/mol. The van der Waals surface area contributed by atoms with Crippen molar-refractivity contribution in [2.45, 2.75) is 0 Å². The molecular formula is C11H6BrFN4O. The number of ether oxygens (including phenoxy) is 1. The van der Waals surface area contributed by atoms with E-state index in [1.807, 2.05) is 6.07 Å². The van der Waals surface area contributed by atoms with Crippen LogP contribution in [0, 0.1) is 17.1 Å². The summed E-state index contributed by atoms with van der Waals surface area (Å²) in [6.07, 6.45) is 2.51. The Hall–Kier alpha value is -2.20. The molecule has 0 radical (unpaired) electrons. The third-order valence-corrected chi connectivity index (χ3v) is 2.62. The second-order valence-corrected chi connectivity index (χ2v) is 4.11. The van der Waals surface area contributed by atoms with Gasteiger partial charge in [-0.25, -0.2) is 14.4 Å². The molecule has 0 amide bonds. The highest BCUT2D eigenvalue weighted by molar-refractivity contribution is 9.10. The molecule has 0 spiro atoms. The Bertz CT molecular complexity index is 624. The number of rotatable bonds is 2. The Labute approximate surface area is 110 Å². The van der Waals surface area contributed by atoms with Crippen LogP contribution in [-0.4, -0.2) is 9.97 Å². The number of nitrogen functional groups attached to an aromatic ring is 1. The minimum Gasteiger partial charge on any atom is -0.435 e. The number of hydrogen-bond acceptors (Lipinski definition) is 5. The molecule has 1 aromatic heterocycles. The summed E-state index contributed by atoms with van der Waals surface area (Å²) in [5.74, 6) is -0.238. The highest BCUT2D eigenvalue weighted by Crippen LogP contribution is 2.31. The summed E-state index contributed by atoms with van der Waals surface area (Å²) in [7, 11) is 0. The van der Waals surface area contributed by atoms with Gasteiger partial charge in [-0.3, -0.25) is 0 Å². The average molecular weight is 309 g/mol. The van der Waals surface area contributed by atoms with Crippen molar-refractivity contribution in [2.24, 2.45) is 0 Å². The molecule has 2 N–H and O–H groups in total. The Balaban J connectivity index is 2.28. The Kier molecular flexibility index (Phi) is 3.39. The molecule has 0 aliphatic carbocycles. The topological polar surface area (TPSA) is 84.8 Å². The van der Waals surface area contributed by atoms with Gasteiger partial charge in [-0.15, -0.1) is 0 Å². The Morgan fingerprint density at radius 2 is 2.11 bits per heavy atom. The van der Waals surface area contributed by atoms with Crippen LogP contribution in [0.1, 0.15) is 5.69 Å². The maximum atomic E-state index is 13.3. The standard InChI is InChI=1S/C11H6BrFN4O/c12-7-1-9(15)10(2-8(7)13)18-11-5-16-6(3-14)4-17-11/h1-2,4-5H,15H2. The quantitative estimate of drug-likeness (QED) is 0.862. The zero-order valence-corrected chi connectivity index (χ0v) is 10.5. The van der Waals surface area contributed by atoms with Gasteiger partial charge in [-0.1, -0.05) is 0 Å². The van der Waals surface area contributed by atoms with Gasteiger partial charge in [-0.05, 0) is 22.0 Å². The second kappa shape index (κ2) is 4.98. The van der Waals surface area contributed by atoms with E-state index >= 15 is 0 Å². The molecule has 2 aromatic rings. The predicted molar refractivity (Wildman–Crippen MR) is 65.3 cm³/mol. The average Bonchev–Trinajstić information content (AvgIpc) is 2.37. The molecule has 18 heavy (non-hydrogen) atoms. The zero-order valence-electron chi connectivity index (χ0n) is 8.89. The van der Waals surface area contributed by atoms with E-state index in [0.29, 0.717) is 0 Å². The number of hydrogen-bond donors (Lipinski definition) is 1. The molecule has 2 rings (SSSR count). The van der Waals surface area contributed by atoms with Gasteiger partial charge in [0, 0.05) is 6.07 Å². The van der Waals surface area contributed by atoms with Crippen LogP contribution in [0.15, 0.2) is 29.0 Å². The fraction of sp³-hybridized carbons (Fsp3) is 0. The van der Waals surface area contributed by atoms with E-state index < -0.39 is 5.82 Å². The first kappa shape index (κ1) is 12.3. The second-order valence-electron chi connectivity index (χ2n) is 3.26. The molecule has 0 fully saturated rings. The molecule has 0 bridgehead atoms. The number of benzene rings is 1. The summed E-state index contributed by atoms with van der Waals surface area (Å²) >= 11 is 3.01. The smallest absolute Gasteiger partial charge is 0.238 e. The third kappa shape index (κ3) is 2.55. The molecule has 0 unspecified atom stereocenters. The normalized spacial score (nSPS) is 9.83.